The summed E-state index contributed by atoms with van der Waals surface area (Å²) in [4.78, 5) is 11.0. The van der Waals surface area contributed by atoms with E-state index in [0.29, 0.717) is 11.6 Å². The molecule has 0 spiro atoms. The van der Waals surface area contributed by atoms with E-state index in [2.05, 4.69) is 99.8 Å². The van der Waals surface area contributed by atoms with Crippen LogP contribution in [0.1, 0.15) is 0 Å². The van der Waals surface area contributed by atoms with Gasteiger partial charge in [0.25, 0.3) is 0 Å². The van der Waals surface area contributed by atoms with E-state index in [0.717, 1.165) is 51.4 Å². The number of hydrogen-bond acceptors (Lipinski definition) is 6. The van der Waals surface area contributed by atoms with E-state index in [9.17, 15) is 0 Å². The predicted molar refractivity (Wildman–Crippen MR) is 157 cm³/mol. The highest BCUT2D eigenvalue weighted by Crippen LogP contribution is 2.46. The molecule has 2 aromatic heterocycles. The van der Waals surface area contributed by atoms with Gasteiger partial charge in [0.2, 0.25) is 5.88 Å². The number of hydrogen-bond donors (Lipinski definition) is 0. The van der Waals surface area contributed by atoms with Crippen LogP contribution in [-0.2, 0) is 0 Å². The first-order valence-electron chi connectivity index (χ1n) is 12.9. The molecule has 0 amide bonds. The number of pyridine rings is 1. The zero-order valence-electron chi connectivity index (χ0n) is 21.4. The molecule has 0 fully saturated rings. The van der Waals surface area contributed by atoms with E-state index >= 15 is 0 Å². The molecule has 3 heterocycles. The maximum atomic E-state index is 6.36. The number of anilines is 4. The van der Waals surface area contributed by atoms with Gasteiger partial charge in [0.05, 0.1) is 17.7 Å². The number of fused-ring (bicyclic) bond motifs is 3. The molecule has 0 aliphatic carbocycles. The summed E-state index contributed by atoms with van der Waals surface area (Å²) in [5.41, 5.74) is 5.72. The summed E-state index contributed by atoms with van der Waals surface area (Å²) in [5.74, 6) is 1.17. The van der Waals surface area contributed by atoms with Gasteiger partial charge in [-0.1, -0.05) is 48.5 Å². The zero-order valence-corrected chi connectivity index (χ0v) is 21.4. The first-order chi connectivity index (χ1) is 19.2. The first-order valence-corrected chi connectivity index (χ1v) is 12.9. The highest BCUT2D eigenvalue weighted by Gasteiger charge is 2.22. The Balaban J connectivity index is 1.46. The van der Waals surface area contributed by atoms with Gasteiger partial charge in [-0.25, -0.2) is 4.98 Å². The number of benzene rings is 4. The van der Waals surface area contributed by atoms with Crippen molar-refractivity contribution in [3.8, 4) is 11.6 Å². The fraction of sp³-hybridized carbons (Fsp3) is 0.0606. The van der Waals surface area contributed by atoms with Crippen LogP contribution in [-0.4, -0.2) is 23.6 Å². The predicted octanol–water partition coefficient (Wildman–Crippen LogP) is 8.42. The Hall–Kier alpha value is -5.23. The summed E-state index contributed by atoms with van der Waals surface area (Å²) in [6.07, 6.45) is 5.91. The van der Waals surface area contributed by atoms with Gasteiger partial charge in [-0.2, -0.15) is 0 Å². The number of aromatic nitrogens is 1. The molecule has 6 nitrogen and oxygen atoms in total. The van der Waals surface area contributed by atoms with Crippen molar-refractivity contribution in [2.24, 2.45) is 0 Å². The van der Waals surface area contributed by atoms with E-state index in [1.165, 1.54) is 0 Å². The molecule has 39 heavy (non-hydrogen) atoms. The van der Waals surface area contributed by atoms with Crippen molar-refractivity contribution in [2.75, 3.05) is 23.5 Å². The van der Waals surface area contributed by atoms with Crippen LogP contribution in [0.15, 0.2) is 132 Å². The summed E-state index contributed by atoms with van der Waals surface area (Å²) in [5, 5.41) is 2.07. The van der Waals surface area contributed by atoms with Gasteiger partial charge in [-0.05, 0) is 42.5 Å². The van der Waals surface area contributed by atoms with Crippen molar-refractivity contribution in [2.45, 2.75) is 0 Å². The molecular weight excluding hydrogens is 484 g/mol. The molecule has 7 rings (SSSR count). The molecule has 0 unspecified atom stereocenters. The molecule has 0 saturated carbocycles. The van der Waals surface area contributed by atoms with Crippen molar-refractivity contribution in [3.05, 3.63) is 128 Å². The van der Waals surface area contributed by atoms with Crippen molar-refractivity contribution >= 4 is 44.7 Å². The van der Waals surface area contributed by atoms with Crippen LogP contribution in [0.3, 0.4) is 0 Å². The smallest absolute Gasteiger partial charge is 0.219 e. The number of nitrogens with zero attached hydrogens (tertiary/aromatic N) is 4. The Morgan fingerprint density at radius 1 is 0.769 bits per heavy atom. The van der Waals surface area contributed by atoms with Gasteiger partial charge in [0, 0.05) is 66.3 Å². The second-order valence-corrected chi connectivity index (χ2v) is 9.54. The van der Waals surface area contributed by atoms with E-state index in [1.54, 1.807) is 6.20 Å². The van der Waals surface area contributed by atoms with E-state index in [4.69, 9.17) is 9.15 Å². The van der Waals surface area contributed by atoms with Gasteiger partial charge in [0.15, 0.2) is 0 Å². The zero-order chi connectivity index (χ0) is 26.2. The molecular formula is C33H26N4O2. The van der Waals surface area contributed by atoms with Crippen molar-refractivity contribution in [1.82, 2.24) is 9.88 Å². The fourth-order valence-electron chi connectivity index (χ4n) is 5.08. The van der Waals surface area contributed by atoms with Crippen LogP contribution in [0.4, 0.5) is 22.7 Å². The van der Waals surface area contributed by atoms with E-state index < -0.39 is 0 Å². The Morgan fingerprint density at radius 2 is 1.59 bits per heavy atom. The normalized spacial score (nSPS) is 12.9. The third kappa shape index (κ3) is 4.32. The van der Waals surface area contributed by atoms with Crippen LogP contribution < -0.4 is 14.5 Å². The Morgan fingerprint density at radius 3 is 2.41 bits per heavy atom. The molecule has 6 heteroatoms. The first kappa shape index (κ1) is 22.9. The second-order valence-electron chi connectivity index (χ2n) is 9.54. The summed E-state index contributed by atoms with van der Waals surface area (Å²) < 4.78 is 12.6. The summed E-state index contributed by atoms with van der Waals surface area (Å²) in [6, 6.07) is 36.8. The lowest BCUT2D eigenvalue weighted by atomic mass is 10.1. The molecule has 0 saturated heterocycles. The average Bonchev–Trinajstić information content (AvgIpc) is 3.58. The van der Waals surface area contributed by atoms with E-state index in [1.807, 2.05) is 48.5 Å². The Labute approximate surface area is 226 Å². The van der Waals surface area contributed by atoms with Crippen LogP contribution >= 0.6 is 0 Å². The molecule has 1 aliphatic rings. The molecule has 1 aliphatic heterocycles. The third-order valence-corrected chi connectivity index (χ3v) is 6.84. The SMILES string of the molecule is CN1C=CN(c2cccc(N(c3ccccc3)c3cc(Oc4ccccn4)cc4oc5ccccc5c34)c2)C1. The maximum Gasteiger partial charge on any atom is 0.219 e. The van der Waals surface area contributed by atoms with Crippen molar-refractivity contribution in [1.29, 1.82) is 0 Å². The van der Waals surface area contributed by atoms with Gasteiger partial charge < -0.3 is 23.9 Å². The summed E-state index contributed by atoms with van der Waals surface area (Å²) in [6.45, 7) is 0.804. The summed E-state index contributed by atoms with van der Waals surface area (Å²) in [7, 11) is 2.07. The number of rotatable bonds is 6. The van der Waals surface area contributed by atoms with Crippen molar-refractivity contribution in [3.63, 3.8) is 0 Å². The largest absolute Gasteiger partial charge is 0.456 e. The Bertz CT molecular complexity index is 1800. The lowest BCUT2D eigenvalue weighted by Crippen LogP contribution is -2.21. The molecule has 0 radical (unpaired) electrons. The van der Waals surface area contributed by atoms with Crippen LogP contribution in [0, 0.1) is 0 Å². The van der Waals surface area contributed by atoms with Gasteiger partial charge in [-0.3, -0.25) is 0 Å². The van der Waals surface area contributed by atoms with Gasteiger partial charge in [-0.15, -0.1) is 0 Å². The topological polar surface area (TPSA) is 45.0 Å². The highest BCUT2D eigenvalue weighted by atomic mass is 16.5. The third-order valence-electron chi connectivity index (χ3n) is 6.84. The lowest BCUT2D eigenvalue weighted by molar-refractivity contribution is 0.463. The van der Waals surface area contributed by atoms with E-state index in [-0.39, 0.29) is 0 Å². The van der Waals surface area contributed by atoms with Crippen molar-refractivity contribution < 1.29 is 9.15 Å². The minimum absolute atomic E-state index is 0.525. The molecule has 0 bridgehead atoms. The molecule has 0 N–H and O–H groups in total. The Kier molecular flexibility index (Phi) is 5.63. The number of furan rings is 1. The van der Waals surface area contributed by atoms with Gasteiger partial charge >= 0.3 is 0 Å². The minimum atomic E-state index is 0.525. The fourth-order valence-corrected chi connectivity index (χ4v) is 5.08. The number of para-hydroxylation sites is 2. The van der Waals surface area contributed by atoms with Gasteiger partial charge in [0.1, 0.15) is 16.9 Å². The molecule has 6 aromatic rings. The summed E-state index contributed by atoms with van der Waals surface area (Å²) >= 11 is 0. The second kappa shape index (κ2) is 9.58. The minimum Gasteiger partial charge on any atom is -0.456 e. The quantitative estimate of drug-likeness (QED) is 0.224. The molecule has 4 aromatic carbocycles. The maximum absolute atomic E-state index is 6.36. The standard InChI is InChI=1S/C33H26N4O2/c1-35-18-19-36(23-35)25-12-9-13-26(20-25)37(24-10-3-2-4-11-24)29-21-27(38-32-16-7-8-17-34-32)22-31-33(29)28-14-5-6-15-30(28)39-31/h2-22H,23H2,1H3. The lowest BCUT2D eigenvalue weighted by Gasteiger charge is -2.28. The van der Waals surface area contributed by atoms with Crippen LogP contribution in [0.25, 0.3) is 21.9 Å². The highest BCUT2D eigenvalue weighted by molar-refractivity contribution is 6.14. The van der Waals surface area contributed by atoms with Crippen LogP contribution in [0.2, 0.25) is 0 Å². The monoisotopic (exact) mass is 510 g/mol. The molecule has 0 atom stereocenters. The molecule has 190 valence electrons. The number of ether oxygens (including phenoxy) is 1. The van der Waals surface area contributed by atoms with Crippen LogP contribution in [0.5, 0.6) is 11.6 Å². The average molecular weight is 511 g/mol.